The minimum atomic E-state index is 0.247. The summed E-state index contributed by atoms with van der Waals surface area (Å²) in [6, 6.07) is 7.10. The zero-order valence-electron chi connectivity index (χ0n) is 11.7. The number of aryl methyl sites for hydroxylation is 1. The van der Waals surface area contributed by atoms with E-state index in [-0.39, 0.29) is 6.61 Å². The lowest BCUT2D eigenvalue weighted by molar-refractivity contribution is 0.188. The number of anilines is 1. The van der Waals surface area contributed by atoms with E-state index >= 15 is 0 Å². The van der Waals surface area contributed by atoms with Gasteiger partial charge in [0.05, 0.1) is 6.61 Å². The maximum atomic E-state index is 9.01. The summed E-state index contributed by atoms with van der Waals surface area (Å²) in [5.74, 6) is 0. The molecular weight excluding hydrogens is 224 g/mol. The van der Waals surface area contributed by atoms with Gasteiger partial charge in [-0.3, -0.25) is 4.90 Å². The molecule has 1 N–H and O–H groups in total. The summed E-state index contributed by atoms with van der Waals surface area (Å²) in [7, 11) is 2.10. The van der Waals surface area contributed by atoms with E-state index in [1.54, 1.807) is 0 Å². The molecule has 0 aromatic heterocycles. The van der Waals surface area contributed by atoms with E-state index in [0.717, 1.165) is 19.6 Å². The zero-order chi connectivity index (χ0) is 13.1. The zero-order valence-corrected chi connectivity index (χ0v) is 11.7. The molecular formula is C15H24N2O. The van der Waals surface area contributed by atoms with Crippen molar-refractivity contribution >= 4 is 5.69 Å². The van der Waals surface area contributed by atoms with Crippen LogP contribution in [-0.2, 0) is 0 Å². The number of hydrogen-bond donors (Lipinski definition) is 1. The molecule has 1 fully saturated rings. The Kier molecular flexibility index (Phi) is 4.25. The monoisotopic (exact) mass is 248 g/mol. The largest absolute Gasteiger partial charge is 0.395 e. The minimum Gasteiger partial charge on any atom is -0.395 e. The minimum absolute atomic E-state index is 0.247. The van der Waals surface area contributed by atoms with Crippen molar-refractivity contribution in [3.63, 3.8) is 0 Å². The van der Waals surface area contributed by atoms with Crippen LogP contribution >= 0.6 is 0 Å². The second-order valence-electron chi connectivity index (χ2n) is 5.31. The molecule has 0 spiro atoms. The van der Waals surface area contributed by atoms with Crippen molar-refractivity contribution in [2.75, 3.05) is 38.2 Å². The Labute approximate surface area is 110 Å². The average molecular weight is 248 g/mol. The summed E-state index contributed by atoms with van der Waals surface area (Å²) in [5, 5.41) is 9.01. The number of benzene rings is 1. The first-order valence-corrected chi connectivity index (χ1v) is 6.75. The Morgan fingerprint density at radius 1 is 1.39 bits per heavy atom. The fraction of sp³-hybridized carbons (Fsp3) is 0.600. The molecule has 0 amide bonds. The van der Waals surface area contributed by atoms with E-state index < -0.39 is 0 Å². The lowest BCUT2D eigenvalue weighted by Gasteiger charge is -2.25. The molecule has 1 aromatic carbocycles. The van der Waals surface area contributed by atoms with Crippen molar-refractivity contribution < 1.29 is 5.11 Å². The Morgan fingerprint density at radius 3 is 2.89 bits per heavy atom. The predicted octanol–water partition coefficient (Wildman–Crippen LogP) is 1.81. The highest BCUT2D eigenvalue weighted by Gasteiger charge is 2.26. The Bertz CT molecular complexity index is 405. The smallest absolute Gasteiger partial charge is 0.0558 e. The third-order valence-corrected chi connectivity index (χ3v) is 4.16. The quantitative estimate of drug-likeness (QED) is 0.880. The summed E-state index contributed by atoms with van der Waals surface area (Å²) in [6.45, 7) is 7.58. The predicted molar refractivity (Wildman–Crippen MR) is 76.2 cm³/mol. The maximum Gasteiger partial charge on any atom is 0.0558 e. The highest BCUT2D eigenvalue weighted by atomic mass is 16.3. The SMILES string of the molecule is Cc1cccc(N2CCC(N(C)CCO)C2)c1C. The van der Waals surface area contributed by atoms with Gasteiger partial charge in [-0.2, -0.15) is 0 Å². The van der Waals surface area contributed by atoms with E-state index in [1.165, 1.54) is 23.2 Å². The van der Waals surface area contributed by atoms with Crippen molar-refractivity contribution in [3.05, 3.63) is 29.3 Å². The van der Waals surface area contributed by atoms with Crippen LogP contribution in [0.5, 0.6) is 0 Å². The molecule has 18 heavy (non-hydrogen) atoms. The molecule has 3 heteroatoms. The molecule has 2 rings (SSSR count). The molecule has 1 aromatic rings. The number of hydrogen-bond acceptors (Lipinski definition) is 3. The maximum absolute atomic E-state index is 9.01. The highest BCUT2D eigenvalue weighted by molar-refractivity contribution is 5.56. The second kappa shape index (κ2) is 5.72. The molecule has 1 heterocycles. The number of aliphatic hydroxyl groups excluding tert-OH is 1. The van der Waals surface area contributed by atoms with E-state index in [2.05, 4.69) is 48.9 Å². The number of aliphatic hydroxyl groups is 1. The Balaban J connectivity index is 2.06. The van der Waals surface area contributed by atoms with Gasteiger partial charge < -0.3 is 10.0 Å². The van der Waals surface area contributed by atoms with Gasteiger partial charge in [-0.25, -0.2) is 0 Å². The standard InChI is InChI=1S/C15H24N2O/c1-12-5-4-6-15(13(12)2)17-8-7-14(11-17)16(3)9-10-18/h4-6,14,18H,7-11H2,1-3H3. The van der Waals surface area contributed by atoms with Gasteiger partial charge in [0.25, 0.3) is 0 Å². The van der Waals surface area contributed by atoms with E-state index in [4.69, 9.17) is 5.11 Å². The van der Waals surface area contributed by atoms with Crippen LogP contribution in [0.25, 0.3) is 0 Å². The van der Waals surface area contributed by atoms with Gasteiger partial charge in [-0.05, 0) is 44.5 Å². The van der Waals surface area contributed by atoms with Gasteiger partial charge in [0.2, 0.25) is 0 Å². The molecule has 0 radical (unpaired) electrons. The third-order valence-electron chi connectivity index (χ3n) is 4.16. The van der Waals surface area contributed by atoms with E-state index in [0.29, 0.717) is 6.04 Å². The first kappa shape index (κ1) is 13.4. The molecule has 0 aliphatic carbocycles. The molecule has 1 unspecified atom stereocenters. The number of rotatable bonds is 4. The van der Waals surface area contributed by atoms with Crippen LogP contribution < -0.4 is 4.90 Å². The average Bonchev–Trinajstić information content (AvgIpc) is 2.82. The first-order valence-electron chi connectivity index (χ1n) is 6.75. The number of nitrogens with zero attached hydrogens (tertiary/aromatic N) is 2. The highest BCUT2D eigenvalue weighted by Crippen LogP contribution is 2.27. The van der Waals surface area contributed by atoms with Gasteiger partial charge >= 0.3 is 0 Å². The fourth-order valence-corrected chi connectivity index (χ4v) is 2.74. The van der Waals surface area contributed by atoms with Crippen molar-refractivity contribution in [1.29, 1.82) is 0 Å². The van der Waals surface area contributed by atoms with Crippen LogP contribution in [0.15, 0.2) is 18.2 Å². The van der Waals surface area contributed by atoms with Crippen LogP contribution in [0, 0.1) is 13.8 Å². The summed E-state index contributed by atoms with van der Waals surface area (Å²) in [5.41, 5.74) is 4.12. The van der Waals surface area contributed by atoms with E-state index in [9.17, 15) is 0 Å². The summed E-state index contributed by atoms with van der Waals surface area (Å²) in [4.78, 5) is 4.74. The van der Waals surface area contributed by atoms with Gasteiger partial charge in [0.1, 0.15) is 0 Å². The normalized spacial score (nSPS) is 19.8. The van der Waals surface area contributed by atoms with Crippen molar-refractivity contribution in [2.45, 2.75) is 26.3 Å². The lowest BCUT2D eigenvalue weighted by atomic mass is 10.1. The van der Waals surface area contributed by atoms with Gasteiger partial charge in [-0.1, -0.05) is 12.1 Å². The molecule has 1 saturated heterocycles. The summed E-state index contributed by atoms with van der Waals surface area (Å²) >= 11 is 0. The first-order chi connectivity index (χ1) is 8.63. The van der Waals surface area contributed by atoms with Crippen molar-refractivity contribution in [3.8, 4) is 0 Å². The Hall–Kier alpha value is -1.06. The van der Waals surface area contributed by atoms with Gasteiger partial charge in [0, 0.05) is 31.4 Å². The molecule has 1 aliphatic heterocycles. The summed E-state index contributed by atoms with van der Waals surface area (Å²) < 4.78 is 0. The molecule has 1 aliphatic rings. The van der Waals surface area contributed by atoms with Crippen LogP contribution in [0.2, 0.25) is 0 Å². The Morgan fingerprint density at radius 2 is 2.17 bits per heavy atom. The topological polar surface area (TPSA) is 26.7 Å². The summed E-state index contributed by atoms with van der Waals surface area (Å²) in [6.07, 6.45) is 1.18. The van der Waals surface area contributed by atoms with Gasteiger partial charge in [0.15, 0.2) is 0 Å². The van der Waals surface area contributed by atoms with Gasteiger partial charge in [-0.15, -0.1) is 0 Å². The fourth-order valence-electron chi connectivity index (χ4n) is 2.74. The third kappa shape index (κ3) is 2.68. The van der Waals surface area contributed by atoms with E-state index in [1.807, 2.05) is 0 Å². The molecule has 100 valence electrons. The molecule has 1 atom stereocenters. The van der Waals surface area contributed by atoms with Crippen molar-refractivity contribution in [1.82, 2.24) is 4.90 Å². The number of likely N-dealkylation sites (N-methyl/N-ethyl adjacent to an activating group) is 1. The van der Waals surface area contributed by atoms with Crippen LogP contribution in [0.1, 0.15) is 17.5 Å². The second-order valence-corrected chi connectivity index (χ2v) is 5.31. The molecule has 3 nitrogen and oxygen atoms in total. The molecule has 0 bridgehead atoms. The van der Waals surface area contributed by atoms with Crippen LogP contribution in [0.3, 0.4) is 0 Å². The van der Waals surface area contributed by atoms with Crippen molar-refractivity contribution in [2.24, 2.45) is 0 Å². The lowest BCUT2D eigenvalue weighted by Crippen LogP contribution is -2.36. The molecule has 0 saturated carbocycles. The van der Waals surface area contributed by atoms with Crippen LogP contribution in [-0.4, -0.2) is 49.3 Å². The van der Waals surface area contributed by atoms with Crippen LogP contribution in [0.4, 0.5) is 5.69 Å².